The third kappa shape index (κ3) is 3.67. The standard InChI is InChI=1S/C16H14BrNO3/c1-19-13-5-6-15(14(17)8-13)21-10-11-3-4-12(9-18)16(7-11)20-2/h3-8H,10H2,1-2H3. The zero-order chi connectivity index (χ0) is 15.2. The molecule has 0 spiro atoms. The fraction of sp³-hybridized carbons (Fsp3) is 0.188. The number of ether oxygens (including phenoxy) is 3. The highest BCUT2D eigenvalue weighted by Gasteiger charge is 2.06. The molecule has 0 unspecified atom stereocenters. The Morgan fingerprint density at radius 2 is 1.86 bits per heavy atom. The van der Waals surface area contributed by atoms with Crippen LogP contribution in [0.3, 0.4) is 0 Å². The lowest BCUT2D eigenvalue weighted by Crippen LogP contribution is -1.98. The van der Waals surface area contributed by atoms with Crippen LogP contribution in [0.2, 0.25) is 0 Å². The van der Waals surface area contributed by atoms with Crippen molar-refractivity contribution < 1.29 is 14.2 Å². The van der Waals surface area contributed by atoms with Gasteiger partial charge >= 0.3 is 0 Å². The molecule has 0 aliphatic heterocycles. The summed E-state index contributed by atoms with van der Waals surface area (Å²) in [7, 11) is 3.16. The maximum Gasteiger partial charge on any atom is 0.137 e. The molecule has 0 aliphatic rings. The number of hydrogen-bond acceptors (Lipinski definition) is 4. The molecule has 108 valence electrons. The van der Waals surface area contributed by atoms with Crippen molar-refractivity contribution in [1.82, 2.24) is 0 Å². The number of nitriles is 1. The number of rotatable bonds is 5. The van der Waals surface area contributed by atoms with Crippen LogP contribution >= 0.6 is 15.9 Å². The molecule has 0 saturated carbocycles. The SMILES string of the molecule is COc1ccc(OCc2ccc(C#N)c(OC)c2)c(Br)c1. The molecule has 0 fully saturated rings. The minimum atomic E-state index is 0.382. The normalized spacial score (nSPS) is 9.81. The highest BCUT2D eigenvalue weighted by Crippen LogP contribution is 2.30. The number of methoxy groups -OCH3 is 2. The Hall–Kier alpha value is -2.19. The van der Waals surface area contributed by atoms with Crippen molar-refractivity contribution in [3.63, 3.8) is 0 Å². The van der Waals surface area contributed by atoms with Crippen molar-refractivity contribution in [2.75, 3.05) is 14.2 Å². The zero-order valence-electron chi connectivity index (χ0n) is 11.7. The quantitative estimate of drug-likeness (QED) is 0.822. The average Bonchev–Trinajstić information content (AvgIpc) is 2.53. The Balaban J connectivity index is 2.11. The lowest BCUT2D eigenvalue weighted by Gasteiger charge is -2.11. The molecule has 0 radical (unpaired) electrons. The summed E-state index contributed by atoms with van der Waals surface area (Å²) in [5, 5.41) is 8.95. The largest absolute Gasteiger partial charge is 0.497 e. The van der Waals surface area contributed by atoms with E-state index < -0.39 is 0 Å². The minimum absolute atomic E-state index is 0.382. The highest BCUT2D eigenvalue weighted by atomic mass is 79.9. The van der Waals surface area contributed by atoms with E-state index >= 15 is 0 Å². The van der Waals surface area contributed by atoms with E-state index in [1.165, 1.54) is 0 Å². The highest BCUT2D eigenvalue weighted by molar-refractivity contribution is 9.10. The van der Waals surface area contributed by atoms with E-state index in [-0.39, 0.29) is 0 Å². The van der Waals surface area contributed by atoms with Crippen LogP contribution in [0.1, 0.15) is 11.1 Å². The van der Waals surface area contributed by atoms with Crippen LogP contribution in [-0.4, -0.2) is 14.2 Å². The summed E-state index contributed by atoms with van der Waals surface area (Å²) < 4.78 is 16.9. The molecule has 21 heavy (non-hydrogen) atoms. The third-order valence-electron chi connectivity index (χ3n) is 2.92. The fourth-order valence-electron chi connectivity index (χ4n) is 1.80. The van der Waals surface area contributed by atoms with Crippen molar-refractivity contribution in [2.24, 2.45) is 0 Å². The van der Waals surface area contributed by atoms with Gasteiger partial charge in [0.1, 0.15) is 29.9 Å². The van der Waals surface area contributed by atoms with Gasteiger partial charge in [0.15, 0.2) is 0 Å². The summed E-state index contributed by atoms with van der Waals surface area (Å²) in [6.07, 6.45) is 0. The van der Waals surface area contributed by atoms with Gasteiger partial charge < -0.3 is 14.2 Å². The lowest BCUT2D eigenvalue weighted by atomic mass is 10.1. The van der Waals surface area contributed by atoms with E-state index in [2.05, 4.69) is 22.0 Å². The first-order valence-electron chi connectivity index (χ1n) is 6.21. The molecule has 4 nitrogen and oxygen atoms in total. The predicted octanol–water partition coefficient (Wildman–Crippen LogP) is 3.92. The Morgan fingerprint density at radius 1 is 1.05 bits per heavy atom. The summed E-state index contributed by atoms with van der Waals surface area (Å²) >= 11 is 3.44. The maximum absolute atomic E-state index is 8.95. The van der Waals surface area contributed by atoms with Gasteiger partial charge in [0.2, 0.25) is 0 Å². The van der Waals surface area contributed by atoms with Crippen LogP contribution in [0, 0.1) is 11.3 Å². The molecular formula is C16H14BrNO3. The van der Waals surface area contributed by atoms with Gasteiger partial charge in [-0.05, 0) is 51.8 Å². The van der Waals surface area contributed by atoms with Crippen molar-refractivity contribution >= 4 is 15.9 Å². The van der Waals surface area contributed by atoms with E-state index in [0.717, 1.165) is 21.5 Å². The van der Waals surface area contributed by atoms with Gasteiger partial charge in [-0.25, -0.2) is 0 Å². The molecule has 2 aromatic carbocycles. The molecule has 0 amide bonds. The second-order valence-corrected chi connectivity index (χ2v) is 5.09. The van der Waals surface area contributed by atoms with Crippen molar-refractivity contribution in [1.29, 1.82) is 5.26 Å². The molecule has 2 rings (SSSR count). The first-order chi connectivity index (χ1) is 10.2. The first kappa shape index (κ1) is 15.2. The molecule has 0 aromatic heterocycles. The van der Waals surface area contributed by atoms with Crippen LogP contribution in [0.15, 0.2) is 40.9 Å². The van der Waals surface area contributed by atoms with E-state index in [9.17, 15) is 0 Å². The fourth-order valence-corrected chi connectivity index (χ4v) is 2.28. The van der Waals surface area contributed by atoms with Gasteiger partial charge in [-0.1, -0.05) is 6.07 Å². The van der Waals surface area contributed by atoms with Crippen molar-refractivity contribution in [3.05, 3.63) is 52.0 Å². The first-order valence-corrected chi connectivity index (χ1v) is 7.00. The van der Waals surface area contributed by atoms with E-state index in [4.69, 9.17) is 19.5 Å². The molecule has 0 heterocycles. The second-order valence-electron chi connectivity index (χ2n) is 4.23. The maximum atomic E-state index is 8.95. The number of nitrogens with zero attached hydrogens (tertiary/aromatic N) is 1. The number of halogens is 1. The number of hydrogen-bond donors (Lipinski definition) is 0. The van der Waals surface area contributed by atoms with Gasteiger partial charge in [-0.3, -0.25) is 0 Å². The summed E-state index contributed by atoms with van der Waals surface area (Å²) in [5.74, 6) is 2.03. The Kier molecular flexibility index (Phi) is 5.07. The second kappa shape index (κ2) is 7.00. The summed E-state index contributed by atoms with van der Waals surface area (Å²) in [5.41, 5.74) is 1.43. The van der Waals surface area contributed by atoms with E-state index in [1.54, 1.807) is 26.4 Å². The van der Waals surface area contributed by atoms with Gasteiger partial charge in [0.05, 0.1) is 24.3 Å². The molecule has 0 atom stereocenters. The third-order valence-corrected chi connectivity index (χ3v) is 3.54. The van der Waals surface area contributed by atoms with Crippen molar-refractivity contribution in [3.8, 4) is 23.3 Å². The van der Waals surface area contributed by atoms with Crippen LogP contribution < -0.4 is 14.2 Å². The molecule has 0 saturated heterocycles. The lowest BCUT2D eigenvalue weighted by molar-refractivity contribution is 0.302. The summed E-state index contributed by atoms with van der Waals surface area (Å²) in [4.78, 5) is 0. The van der Waals surface area contributed by atoms with Crippen molar-refractivity contribution in [2.45, 2.75) is 6.61 Å². The Labute approximate surface area is 132 Å². The van der Waals surface area contributed by atoms with Gasteiger partial charge in [-0.2, -0.15) is 5.26 Å². The van der Waals surface area contributed by atoms with Crippen LogP contribution in [-0.2, 0) is 6.61 Å². The van der Waals surface area contributed by atoms with Gasteiger partial charge in [0.25, 0.3) is 0 Å². The summed E-state index contributed by atoms with van der Waals surface area (Å²) in [6.45, 7) is 0.382. The topological polar surface area (TPSA) is 51.5 Å². The molecule has 0 N–H and O–H groups in total. The number of benzene rings is 2. The molecule has 0 aliphatic carbocycles. The summed E-state index contributed by atoms with van der Waals surface area (Å²) in [6, 6.07) is 13.0. The van der Waals surface area contributed by atoms with Gasteiger partial charge in [-0.15, -0.1) is 0 Å². The minimum Gasteiger partial charge on any atom is -0.497 e. The van der Waals surface area contributed by atoms with Gasteiger partial charge in [0, 0.05) is 0 Å². The smallest absolute Gasteiger partial charge is 0.137 e. The molecular weight excluding hydrogens is 334 g/mol. The van der Waals surface area contributed by atoms with E-state index in [0.29, 0.717) is 17.9 Å². The monoisotopic (exact) mass is 347 g/mol. The van der Waals surface area contributed by atoms with Crippen LogP contribution in [0.5, 0.6) is 17.2 Å². The van der Waals surface area contributed by atoms with E-state index in [1.807, 2.05) is 24.3 Å². The molecule has 0 bridgehead atoms. The Morgan fingerprint density at radius 3 is 2.48 bits per heavy atom. The van der Waals surface area contributed by atoms with Crippen LogP contribution in [0.25, 0.3) is 0 Å². The zero-order valence-corrected chi connectivity index (χ0v) is 13.3. The molecule has 5 heteroatoms. The Bertz CT molecular complexity index is 680. The van der Waals surface area contributed by atoms with Crippen LogP contribution in [0.4, 0.5) is 0 Å². The average molecular weight is 348 g/mol. The predicted molar refractivity (Wildman–Crippen MR) is 82.7 cm³/mol. The molecule has 2 aromatic rings.